The van der Waals surface area contributed by atoms with Crippen molar-refractivity contribution >= 4 is 5.97 Å². The maximum atomic E-state index is 14.7. The summed E-state index contributed by atoms with van der Waals surface area (Å²) in [4.78, 5) is 12.5. The average Bonchev–Trinajstić information content (AvgIpc) is 2.88. The largest absolute Gasteiger partial charge is 0.420 e. The van der Waals surface area contributed by atoms with Gasteiger partial charge in [-0.25, -0.2) is 18.0 Å². The Hall–Kier alpha value is -3.97. The molecular weight excluding hydrogens is 472 g/mol. The molecule has 0 atom stereocenters. The van der Waals surface area contributed by atoms with Gasteiger partial charge in [-0.2, -0.15) is 4.39 Å². The summed E-state index contributed by atoms with van der Waals surface area (Å²) in [7, 11) is 0. The molecular formula is C29H22F4O3. The molecule has 0 bridgehead atoms. The van der Waals surface area contributed by atoms with Gasteiger partial charge in [0.25, 0.3) is 0 Å². The zero-order valence-electron chi connectivity index (χ0n) is 19.6. The summed E-state index contributed by atoms with van der Waals surface area (Å²) < 4.78 is 68.4. The van der Waals surface area contributed by atoms with Gasteiger partial charge in [-0.15, -0.1) is 0 Å². The summed E-state index contributed by atoms with van der Waals surface area (Å²) >= 11 is 0. The van der Waals surface area contributed by atoms with Gasteiger partial charge < -0.3 is 9.47 Å². The highest BCUT2D eigenvalue weighted by Gasteiger charge is 2.20. The molecule has 0 spiro atoms. The normalized spacial score (nSPS) is 10.9. The number of hydrogen-bond donors (Lipinski definition) is 0. The highest BCUT2D eigenvalue weighted by Crippen LogP contribution is 2.31. The Morgan fingerprint density at radius 1 is 0.694 bits per heavy atom. The number of ether oxygens (including phenoxy) is 2. The minimum atomic E-state index is -1.29. The predicted molar refractivity (Wildman–Crippen MR) is 129 cm³/mol. The smallest absolute Gasteiger partial charge is 0.343 e. The van der Waals surface area contributed by atoms with Crippen molar-refractivity contribution in [3.8, 4) is 28.0 Å². The van der Waals surface area contributed by atoms with E-state index < -0.39 is 35.0 Å². The summed E-state index contributed by atoms with van der Waals surface area (Å²) in [5.74, 6) is -5.95. The van der Waals surface area contributed by atoms with Crippen molar-refractivity contribution in [1.82, 2.24) is 0 Å². The van der Waals surface area contributed by atoms with Gasteiger partial charge in [0.1, 0.15) is 0 Å². The minimum Gasteiger partial charge on any atom is -0.420 e. The second-order valence-corrected chi connectivity index (χ2v) is 8.11. The highest BCUT2D eigenvalue weighted by atomic mass is 19.2. The van der Waals surface area contributed by atoms with Crippen molar-refractivity contribution in [2.75, 3.05) is 6.61 Å². The lowest BCUT2D eigenvalue weighted by Crippen LogP contribution is -2.10. The van der Waals surface area contributed by atoms with E-state index in [1.54, 1.807) is 31.2 Å². The molecule has 4 rings (SSSR count). The summed E-state index contributed by atoms with van der Waals surface area (Å²) in [6.07, 6.45) is 0. The lowest BCUT2D eigenvalue weighted by molar-refractivity contribution is 0.0726. The van der Waals surface area contributed by atoms with Gasteiger partial charge in [0, 0.05) is 23.3 Å². The van der Waals surface area contributed by atoms with Crippen molar-refractivity contribution < 1.29 is 31.8 Å². The van der Waals surface area contributed by atoms with Gasteiger partial charge >= 0.3 is 5.97 Å². The van der Waals surface area contributed by atoms with E-state index in [4.69, 9.17) is 9.47 Å². The van der Waals surface area contributed by atoms with Crippen LogP contribution in [-0.2, 0) is 11.3 Å². The Labute approximate surface area is 205 Å². The molecule has 0 aliphatic heterocycles. The third kappa shape index (κ3) is 5.16. The van der Waals surface area contributed by atoms with Gasteiger partial charge in [-0.05, 0) is 49.2 Å². The van der Waals surface area contributed by atoms with Crippen LogP contribution in [-0.4, -0.2) is 12.6 Å². The van der Waals surface area contributed by atoms with Gasteiger partial charge in [0.05, 0.1) is 12.2 Å². The second-order valence-electron chi connectivity index (χ2n) is 8.11. The van der Waals surface area contributed by atoms with Crippen LogP contribution in [0.4, 0.5) is 17.6 Å². The number of hydrogen-bond acceptors (Lipinski definition) is 3. The number of benzene rings is 4. The molecule has 0 saturated heterocycles. The Balaban J connectivity index is 1.52. The first-order valence-corrected chi connectivity index (χ1v) is 11.2. The monoisotopic (exact) mass is 494 g/mol. The van der Waals surface area contributed by atoms with E-state index in [1.165, 1.54) is 48.5 Å². The van der Waals surface area contributed by atoms with E-state index in [-0.39, 0.29) is 28.9 Å². The quantitative estimate of drug-likeness (QED) is 0.150. The fourth-order valence-corrected chi connectivity index (χ4v) is 3.65. The van der Waals surface area contributed by atoms with E-state index in [2.05, 4.69) is 0 Å². The molecule has 7 heteroatoms. The third-order valence-electron chi connectivity index (χ3n) is 5.67. The van der Waals surface area contributed by atoms with Crippen LogP contribution in [0.1, 0.15) is 28.4 Å². The molecule has 0 N–H and O–H groups in total. The standard InChI is InChI=1S/C29H22F4O3/c1-3-35-16-21-12-13-22(26(31)25(21)30)19-8-10-20(11-9-19)29(34)36-24-15-14-23(27(32)28(24)33)18-6-4-17(2)5-7-18/h4-15H,3,16H2,1-2H3. The van der Waals surface area contributed by atoms with Crippen LogP contribution in [0.2, 0.25) is 0 Å². The molecule has 0 saturated carbocycles. The lowest BCUT2D eigenvalue weighted by atomic mass is 10.0. The first-order chi connectivity index (χ1) is 17.3. The second kappa shape index (κ2) is 10.7. The molecule has 0 unspecified atom stereocenters. The minimum absolute atomic E-state index is 0.00692. The number of esters is 1. The lowest BCUT2D eigenvalue weighted by Gasteiger charge is -2.11. The fourth-order valence-electron chi connectivity index (χ4n) is 3.65. The molecule has 0 heterocycles. The Morgan fingerprint density at radius 2 is 1.25 bits per heavy atom. The van der Waals surface area contributed by atoms with Gasteiger partial charge in [0.15, 0.2) is 23.2 Å². The van der Waals surface area contributed by atoms with Crippen LogP contribution >= 0.6 is 0 Å². The molecule has 184 valence electrons. The summed E-state index contributed by atoms with van der Waals surface area (Å²) in [6.45, 7) is 3.95. The van der Waals surface area contributed by atoms with E-state index in [9.17, 15) is 22.4 Å². The van der Waals surface area contributed by atoms with Crippen LogP contribution in [0.25, 0.3) is 22.3 Å². The summed E-state index contributed by atoms with van der Waals surface area (Å²) in [6, 6.07) is 17.8. The number of carbonyl (C=O) groups is 1. The van der Waals surface area contributed by atoms with Gasteiger partial charge in [-0.3, -0.25) is 0 Å². The summed E-state index contributed by atoms with van der Waals surface area (Å²) in [5.41, 5.74) is 1.95. The summed E-state index contributed by atoms with van der Waals surface area (Å²) in [5, 5.41) is 0. The molecule has 4 aromatic rings. The molecule has 0 amide bonds. The molecule has 0 radical (unpaired) electrons. The first kappa shape index (κ1) is 25.1. The molecule has 4 aromatic carbocycles. The Bertz CT molecular complexity index is 1400. The topological polar surface area (TPSA) is 35.5 Å². The molecule has 3 nitrogen and oxygen atoms in total. The number of aryl methyl sites for hydroxylation is 1. The van der Waals surface area contributed by atoms with Crippen LogP contribution in [0.3, 0.4) is 0 Å². The Morgan fingerprint density at radius 3 is 1.86 bits per heavy atom. The number of carbonyl (C=O) groups excluding carboxylic acids is 1. The van der Waals surface area contributed by atoms with Crippen molar-refractivity contribution in [3.63, 3.8) is 0 Å². The average molecular weight is 494 g/mol. The van der Waals surface area contributed by atoms with Gasteiger partial charge in [0.2, 0.25) is 5.82 Å². The maximum Gasteiger partial charge on any atom is 0.343 e. The first-order valence-electron chi connectivity index (χ1n) is 11.2. The van der Waals surface area contributed by atoms with Crippen LogP contribution in [0.5, 0.6) is 5.75 Å². The molecule has 0 aliphatic carbocycles. The molecule has 0 aliphatic rings. The number of halogens is 4. The van der Waals surface area contributed by atoms with Crippen LogP contribution in [0, 0.1) is 30.2 Å². The van der Waals surface area contributed by atoms with E-state index in [1.807, 2.05) is 6.92 Å². The van der Waals surface area contributed by atoms with Gasteiger partial charge in [-0.1, -0.05) is 54.1 Å². The molecule has 0 fully saturated rings. The van der Waals surface area contributed by atoms with Crippen LogP contribution in [0.15, 0.2) is 72.8 Å². The predicted octanol–water partition coefficient (Wildman–Crippen LogP) is 7.64. The van der Waals surface area contributed by atoms with Crippen molar-refractivity contribution in [2.45, 2.75) is 20.5 Å². The third-order valence-corrected chi connectivity index (χ3v) is 5.67. The van der Waals surface area contributed by atoms with Crippen molar-refractivity contribution in [2.24, 2.45) is 0 Å². The van der Waals surface area contributed by atoms with E-state index >= 15 is 0 Å². The van der Waals surface area contributed by atoms with Crippen molar-refractivity contribution in [3.05, 3.63) is 113 Å². The SMILES string of the molecule is CCOCc1ccc(-c2ccc(C(=O)Oc3ccc(-c4ccc(C)cc4)c(F)c3F)cc2)c(F)c1F. The van der Waals surface area contributed by atoms with Crippen LogP contribution < -0.4 is 4.74 Å². The Kier molecular flexibility index (Phi) is 7.50. The zero-order chi connectivity index (χ0) is 25.8. The highest BCUT2D eigenvalue weighted by molar-refractivity contribution is 5.91. The molecule has 0 aromatic heterocycles. The van der Waals surface area contributed by atoms with E-state index in [0.717, 1.165) is 5.56 Å². The molecule has 36 heavy (non-hydrogen) atoms. The maximum absolute atomic E-state index is 14.7. The fraction of sp³-hybridized carbons (Fsp3) is 0.138. The van der Waals surface area contributed by atoms with E-state index in [0.29, 0.717) is 17.7 Å². The van der Waals surface area contributed by atoms with Crippen molar-refractivity contribution in [1.29, 1.82) is 0 Å². The number of rotatable bonds is 7. The zero-order valence-corrected chi connectivity index (χ0v) is 19.6.